The Morgan fingerprint density at radius 2 is 1.95 bits per heavy atom. The summed E-state index contributed by atoms with van der Waals surface area (Å²) in [7, 11) is 0. The molecule has 0 saturated carbocycles. The standard InChI is InChI=1S/C13H9Cl2NO2S2/c14-8-3-1-7(9(15)5-8)2-4-10(17)11(12(16)18)13-19-6-20-13/h1-5H,6H2,(H2,16,18). The molecule has 1 saturated heterocycles. The highest BCUT2D eigenvalue weighted by molar-refractivity contribution is 8.37. The number of nitrogens with two attached hydrogens (primary N) is 1. The van der Waals surface area contributed by atoms with E-state index in [1.54, 1.807) is 24.3 Å². The van der Waals surface area contributed by atoms with E-state index in [9.17, 15) is 9.59 Å². The van der Waals surface area contributed by atoms with Crippen LogP contribution >= 0.6 is 46.7 Å². The van der Waals surface area contributed by atoms with Crippen molar-refractivity contribution in [2.45, 2.75) is 0 Å². The number of amides is 1. The molecule has 0 aliphatic carbocycles. The van der Waals surface area contributed by atoms with Crippen LogP contribution in [0.2, 0.25) is 10.0 Å². The lowest BCUT2D eigenvalue weighted by atomic mass is 10.1. The summed E-state index contributed by atoms with van der Waals surface area (Å²) in [6.45, 7) is 0. The lowest BCUT2D eigenvalue weighted by Crippen LogP contribution is -2.21. The van der Waals surface area contributed by atoms with E-state index < -0.39 is 11.7 Å². The molecule has 0 spiro atoms. The summed E-state index contributed by atoms with van der Waals surface area (Å²) in [5.41, 5.74) is 5.93. The number of benzene rings is 1. The van der Waals surface area contributed by atoms with Crippen molar-refractivity contribution in [3.05, 3.63) is 49.7 Å². The average molecular weight is 346 g/mol. The van der Waals surface area contributed by atoms with Crippen molar-refractivity contribution in [1.82, 2.24) is 0 Å². The third-order valence-corrected chi connectivity index (χ3v) is 5.60. The smallest absolute Gasteiger partial charge is 0.254 e. The monoisotopic (exact) mass is 345 g/mol. The van der Waals surface area contributed by atoms with Crippen LogP contribution in [0.15, 0.2) is 34.1 Å². The van der Waals surface area contributed by atoms with Gasteiger partial charge in [-0.3, -0.25) is 9.59 Å². The van der Waals surface area contributed by atoms with E-state index in [2.05, 4.69) is 0 Å². The third kappa shape index (κ3) is 3.61. The minimum atomic E-state index is -0.712. The molecule has 3 nitrogen and oxygen atoms in total. The third-order valence-electron chi connectivity index (χ3n) is 2.45. The highest BCUT2D eigenvalue weighted by Crippen LogP contribution is 2.45. The largest absolute Gasteiger partial charge is 0.365 e. The molecule has 2 rings (SSSR count). The number of rotatable bonds is 4. The van der Waals surface area contributed by atoms with Crippen molar-refractivity contribution in [3.8, 4) is 0 Å². The Hall–Kier alpha value is -0.880. The summed E-state index contributed by atoms with van der Waals surface area (Å²) in [6.07, 6.45) is 2.83. The summed E-state index contributed by atoms with van der Waals surface area (Å²) in [6, 6.07) is 4.94. The Labute approximate surface area is 134 Å². The molecule has 0 bridgehead atoms. The Morgan fingerprint density at radius 1 is 1.25 bits per heavy atom. The molecule has 1 aliphatic heterocycles. The Kier molecular flexibility index (Phi) is 5.21. The molecule has 0 aromatic heterocycles. The lowest BCUT2D eigenvalue weighted by molar-refractivity contribution is -0.118. The van der Waals surface area contributed by atoms with Gasteiger partial charge in [-0.2, -0.15) is 0 Å². The molecule has 20 heavy (non-hydrogen) atoms. The fraction of sp³-hybridized carbons (Fsp3) is 0.0769. The minimum absolute atomic E-state index is 0.0348. The number of halogens is 2. The minimum Gasteiger partial charge on any atom is -0.365 e. The molecule has 0 radical (unpaired) electrons. The molecule has 1 aromatic rings. The fourth-order valence-corrected chi connectivity index (χ4v) is 3.58. The first kappa shape index (κ1) is 15.5. The maximum atomic E-state index is 12.0. The molecule has 7 heteroatoms. The topological polar surface area (TPSA) is 60.2 Å². The van der Waals surface area contributed by atoms with Crippen molar-refractivity contribution < 1.29 is 9.59 Å². The van der Waals surface area contributed by atoms with Gasteiger partial charge in [-0.15, -0.1) is 23.5 Å². The number of carbonyl (C=O) groups excluding carboxylic acids is 2. The van der Waals surface area contributed by atoms with E-state index in [-0.39, 0.29) is 5.57 Å². The predicted molar refractivity (Wildman–Crippen MR) is 86.8 cm³/mol. The van der Waals surface area contributed by atoms with Crippen LogP contribution in [0.1, 0.15) is 5.56 Å². The van der Waals surface area contributed by atoms with Crippen LogP contribution in [0.4, 0.5) is 0 Å². The molecule has 1 aliphatic rings. The first-order valence-electron chi connectivity index (χ1n) is 5.46. The highest BCUT2D eigenvalue weighted by Gasteiger charge is 2.24. The maximum absolute atomic E-state index is 12.0. The van der Waals surface area contributed by atoms with Crippen molar-refractivity contribution in [2.24, 2.45) is 5.73 Å². The van der Waals surface area contributed by atoms with Gasteiger partial charge in [0.05, 0.1) is 4.24 Å². The van der Waals surface area contributed by atoms with Gasteiger partial charge in [0.2, 0.25) is 0 Å². The van der Waals surface area contributed by atoms with Gasteiger partial charge in [-0.1, -0.05) is 29.3 Å². The van der Waals surface area contributed by atoms with Crippen LogP contribution in [0.3, 0.4) is 0 Å². The molecule has 1 aromatic carbocycles. The Morgan fingerprint density at radius 3 is 2.45 bits per heavy atom. The molecule has 104 valence electrons. The predicted octanol–water partition coefficient (Wildman–Crippen LogP) is 3.71. The molecular formula is C13H9Cl2NO2S2. The van der Waals surface area contributed by atoms with Gasteiger partial charge < -0.3 is 5.73 Å². The number of thioether (sulfide) groups is 2. The van der Waals surface area contributed by atoms with Gasteiger partial charge in [0.1, 0.15) is 5.57 Å². The van der Waals surface area contributed by atoms with Gasteiger partial charge in [0, 0.05) is 15.1 Å². The van der Waals surface area contributed by atoms with Crippen molar-refractivity contribution in [1.29, 1.82) is 0 Å². The summed E-state index contributed by atoms with van der Waals surface area (Å²) in [5.74, 6) is -1.13. The summed E-state index contributed by atoms with van der Waals surface area (Å²) >= 11 is 14.7. The zero-order valence-electron chi connectivity index (χ0n) is 10.1. The van der Waals surface area contributed by atoms with Crippen LogP contribution in [0.25, 0.3) is 6.08 Å². The SMILES string of the molecule is NC(=O)C(C(=O)C=Cc1ccc(Cl)cc1Cl)=C1SCS1. The van der Waals surface area contributed by atoms with Crippen LogP contribution in [-0.4, -0.2) is 16.8 Å². The molecule has 1 heterocycles. The van der Waals surface area contributed by atoms with Crippen molar-refractivity contribution in [3.63, 3.8) is 0 Å². The van der Waals surface area contributed by atoms with E-state index in [0.29, 0.717) is 19.8 Å². The summed E-state index contributed by atoms with van der Waals surface area (Å²) in [4.78, 5) is 23.4. The molecule has 1 amide bonds. The lowest BCUT2D eigenvalue weighted by Gasteiger charge is -2.17. The molecule has 2 N–H and O–H groups in total. The zero-order chi connectivity index (χ0) is 14.7. The van der Waals surface area contributed by atoms with Crippen LogP contribution in [-0.2, 0) is 9.59 Å². The van der Waals surface area contributed by atoms with Gasteiger partial charge in [-0.05, 0) is 29.8 Å². The van der Waals surface area contributed by atoms with E-state index in [0.717, 1.165) is 5.08 Å². The molecule has 0 atom stereocenters. The maximum Gasteiger partial charge on any atom is 0.254 e. The van der Waals surface area contributed by atoms with E-state index >= 15 is 0 Å². The van der Waals surface area contributed by atoms with Gasteiger partial charge in [-0.25, -0.2) is 0 Å². The molecular weight excluding hydrogens is 337 g/mol. The van der Waals surface area contributed by atoms with Gasteiger partial charge in [0.25, 0.3) is 5.91 Å². The molecule has 1 fully saturated rings. The summed E-state index contributed by atoms with van der Waals surface area (Å²) in [5, 5.41) is 1.77. The number of primary amides is 1. The van der Waals surface area contributed by atoms with Crippen LogP contribution < -0.4 is 5.73 Å². The second-order valence-corrected chi connectivity index (χ2v) is 7.24. The second kappa shape index (κ2) is 6.72. The Balaban J connectivity index is 2.22. The zero-order valence-corrected chi connectivity index (χ0v) is 13.2. The van der Waals surface area contributed by atoms with E-state index in [1.807, 2.05) is 0 Å². The first-order chi connectivity index (χ1) is 9.49. The summed E-state index contributed by atoms with van der Waals surface area (Å²) < 4.78 is 0.675. The van der Waals surface area contributed by atoms with Crippen molar-refractivity contribution in [2.75, 3.05) is 5.08 Å². The number of carbonyl (C=O) groups is 2. The number of allylic oxidation sites excluding steroid dienone is 1. The van der Waals surface area contributed by atoms with Crippen molar-refractivity contribution >= 4 is 64.5 Å². The number of hydrogen-bond donors (Lipinski definition) is 1. The average Bonchev–Trinajstić information content (AvgIpc) is 2.31. The van der Waals surface area contributed by atoms with E-state index in [1.165, 1.54) is 29.6 Å². The van der Waals surface area contributed by atoms with Gasteiger partial charge >= 0.3 is 0 Å². The highest BCUT2D eigenvalue weighted by atomic mass is 35.5. The van der Waals surface area contributed by atoms with E-state index in [4.69, 9.17) is 28.9 Å². The normalized spacial score (nSPS) is 14.2. The number of hydrogen-bond acceptors (Lipinski definition) is 4. The van der Waals surface area contributed by atoms with Crippen LogP contribution in [0.5, 0.6) is 0 Å². The quantitative estimate of drug-likeness (QED) is 0.513. The Bertz CT molecular complexity index is 635. The first-order valence-corrected chi connectivity index (χ1v) is 8.19. The fourth-order valence-electron chi connectivity index (χ4n) is 1.47. The number of ketones is 1. The molecule has 0 unspecified atom stereocenters. The van der Waals surface area contributed by atoms with Crippen LogP contribution in [0, 0.1) is 0 Å². The van der Waals surface area contributed by atoms with Gasteiger partial charge in [0.15, 0.2) is 5.78 Å². The second-order valence-electron chi connectivity index (χ2n) is 3.80.